The summed E-state index contributed by atoms with van der Waals surface area (Å²) in [6.45, 7) is 0. The molecule has 0 aromatic rings. The molecule has 0 heterocycles. The van der Waals surface area contributed by atoms with E-state index in [1.807, 2.05) is 0 Å². The van der Waals surface area contributed by atoms with Gasteiger partial charge in [-0.25, -0.2) is 4.79 Å². The molecule has 0 rings (SSSR count). The Labute approximate surface area is 107 Å². The number of hydrogen-bond donors (Lipinski definition) is 5. The summed E-state index contributed by atoms with van der Waals surface area (Å²) in [5.74, 6) is -1.76. The van der Waals surface area contributed by atoms with Crippen molar-refractivity contribution in [3.05, 3.63) is 0 Å². The topological polar surface area (TPSA) is 165 Å². The maximum absolute atomic E-state index is 10.1. The zero-order valence-corrected chi connectivity index (χ0v) is 9.89. The number of aliphatic carboxylic acids is 1. The standard InChI is InChI=1S/C6H10O7.Na.H2O/c7-1-2(8)3(9)4(10)5(11)6(12)13;;/h1-5,8-11H,(H,12,13);;1H2/q;+1;/p-1. The van der Waals surface area contributed by atoms with Crippen LogP contribution in [0, 0.1) is 0 Å². The van der Waals surface area contributed by atoms with Gasteiger partial charge in [-0.2, -0.15) is 0 Å². The van der Waals surface area contributed by atoms with Gasteiger partial charge in [-0.1, -0.05) is 0 Å². The van der Waals surface area contributed by atoms with Crippen molar-refractivity contribution in [1.82, 2.24) is 0 Å². The van der Waals surface area contributed by atoms with Crippen molar-refractivity contribution >= 4 is 12.3 Å². The summed E-state index contributed by atoms with van der Waals surface area (Å²) in [5, 5.41) is 43.2. The average molecular weight is 234 g/mol. The fraction of sp³-hybridized carbons (Fsp3) is 0.667. The number of aliphatic hydroxyl groups is 4. The van der Waals surface area contributed by atoms with Crippen LogP contribution < -0.4 is 29.6 Å². The summed E-state index contributed by atoms with van der Waals surface area (Å²) in [7, 11) is 0. The van der Waals surface area contributed by atoms with Gasteiger partial charge in [0, 0.05) is 0 Å². The van der Waals surface area contributed by atoms with Crippen LogP contribution in [0.15, 0.2) is 0 Å². The average Bonchev–Trinajstić information content (AvgIpc) is 2.12. The van der Waals surface area contributed by atoms with E-state index in [9.17, 15) is 9.59 Å². The third-order valence-corrected chi connectivity index (χ3v) is 1.42. The molecule has 0 amide bonds. The molecule has 0 fully saturated rings. The van der Waals surface area contributed by atoms with E-state index < -0.39 is 30.4 Å². The van der Waals surface area contributed by atoms with Crippen molar-refractivity contribution in [1.29, 1.82) is 0 Å². The first-order valence-corrected chi connectivity index (χ1v) is 3.32. The molecule has 8 nitrogen and oxygen atoms in total. The van der Waals surface area contributed by atoms with E-state index in [2.05, 4.69) is 0 Å². The molecule has 6 N–H and O–H groups in total. The molecular weight excluding hydrogens is 223 g/mol. The molecule has 0 bridgehead atoms. The Hall–Kier alpha value is -0.0600. The third kappa shape index (κ3) is 6.17. The first-order valence-electron chi connectivity index (χ1n) is 3.32. The molecule has 0 aromatic heterocycles. The normalized spacial score (nSPS) is 17.3. The zero-order chi connectivity index (χ0) is 10.6. The fourth-order valence-electron chi connectivity index (χ4n) is 0.615. The molecule has 0 aliphatic heterocycles. The minimum absolute atomic E-state index is 0. The quantitative estimate of drug-likeness (QED) is 0.231. The van der Waals surface area contributed by atoms with Crippen LogP contribution in [-0.2, 0) is 9.59 Å². The number of carbonyl (C=O) groups excluding carboxylic acids is 1. The number of aliphatic hydroxyl groups excluding tert-OH is 4. The molecule has 15 heavy (non-hydrogen) atoms. The summed E-state index contributed by atoms with van der Waals surface area (Å²) in [5.41, 5.74) is 0. The van der Waals surface area contributed by atoms with Crippen molar-refractivity contribution in [2.24, 2.45) is 0 Å². The predicted octanol–water partition coefficient (Wildman–Crippen LogP) is -6.46. The summed E-state index contributed by atoms with van der Waals surface area (Å²) in [6, 6.07) is 0. The van der Waals surface area contributed by atoms with Gasteiger partial charge in [-0.05, 0) is 0 Å². The van der Waals surface area contributed by atoms with E-state index in [-0.39, 0.29) is 41.3 Å². The van der Waals surface area contributed by atoms with Crippen LogP contribution in [0.2, 0.25) is 0 Å². The van der Waals surface area contributed by atoms with Gasteiger partial charge in [-0.3, -0.25) is 0 Å². The van der Waals surface area contributed by atoms with Gasteiger partial charge in [0.15, 0.2) is 12.4 Å². The van der Waals surface area contributed by atoms with Crippen LogP contribution in [0.4, 0.5) is 0 Å². The van der Waals surface area contributed by atoms with E-state index >= 15 is 0 Å². The van der Waals surface area contributed by atoms with Crippen molar-refractivity contribution < 1.29 is 70.2 Å². The molecule has 0 saturated heterocycles. The fourth-order valence-corrected chi connectivity index (χ4v) is 0.615. The second-order valence-corrected chi connectivity index (χ2v) is 2.39. The van der Waals surface area contributed by atoms with Gasteiger partial charge >= 0.3 is 35.5 Å². The summed E-state index contributed by atoms with van der Waals surface area (Å²) >= 11 is 0. The van der Waals surface area contributed by atoms with E-state index in [1.54, 1.807) is 0 Å². The first-order chi connectivity index (χ1) is 5.91. The second kappa shape index (κ2) is 9.19. The van der Waals surface area contributed by atoms with Crippen molar-refractivity contribution in [3.8, 4) is 0 Å². The largest absolute Gasteiger partial charge is 1.00 e. The molecule has 0 spiro atoms. The minimum atomic E-state index is -2.25. The van der Waals surface area contributed by atoms with Crippen molar-refractivity contribution in [2.75, 3.05) is 0 Å². The molecule has 0 saturated carbocycles. The van der Waals surface area contributed by atoms with E-state index in [0.717, 1.165) is 0 Å². The molecule has 4 unspecified atom stereocenters. The Morgan fingerprint density at radius 2 is 1.47 bits per heavy atom. The first kappa shape index (κ1) is 20.4. The minimum Gasteiger partial charge on any atom is -0.870 e. The number of carboxylic acids is 1. The number of carboxylic acid groups (broad SMARTS) is 1. The molecule has 0 aliphatic rings. The third-order valence-electron chi connectivity index (χ3n) is 1.42. The monoisotopic (exact) mass is 234 g/mol. The Bertz CT molecular complexity index is 198. The van der Waals surface area contributed by atoms with Gasteiger partial charge in [0.1, 0.15) is 18.3 Å². The maximum Gasteiger partial charge on any atom is 1.00 e. The Morgan fingerprint density at radius 1 is 1.07 bits per heavy atom. The van der Waals surface area contributed by atoms with Crippen LogP contribution in [0.1, 0.15) is 0 Å². The zero-order valence-electron chi connectivity index (χ0n) is 7.89. The molecular formula is C6H11NaO8. The van der Waals surface area contributed by atoms with E-state index in [1.165, 1.54) is 0 Å². The van der Waals surface area contributed by atoms with Gasteiger partial charge in [-0.15, -0.1) is 0 Å². The van der Waals surface area contributed by atoms with Crippen molar-refractivity contribution in [3.63, 3.8) is 0 Å². The number of hydrogen-bond acceptors (Lipinski definition) is 7. The molecule has 0 aromatic carbocycles. The Morgan fingerprint density at radius 3 is 1.73 bits per heavy atom. The predicted molar refractivity (Wildman–Crippen MR) is 39.7 cm³/mol. The van der Waals surface area contributed by atoms with Crippen LogP contribution >= 0.6 is 0 Å². The molecule has 0 aliphatic carbocycles. The number of carbonyl (C=O) groups is 2. The Balaban J connectivity index is -0.000000720. The summed E-state index contributed by atoms with van der Waals surface area (Å²) in [6.07, 6.45) is -8.39. The smallest absolute Gasteiger partial charge is 0.870 e. The van der Waals surface area contributed by atoms with Gasteiger partial charge in [0.25, 0.3) is 0 Å². The van der Waals surface area contributed by atoms with Gasteiger partial charge < -0.3 is 35.8 Å². The van der Waals surface area contributed by atoms with Crippen LogP contribution in [0.5, 0.6) is 0 Å². The molecule has 84 valence electrons. The van der Waals surface area contributed by atoms with E-state index in [0.29, 0.717) is 0 Å². The number of aldehydes is 1. The van der Waals surface area contributed by atoms with Crippen LogP contribution in [0.25, 0.3) is 0 Å². The number of rotatable bonds is 5. The van der Waals surface area contributed by atoms with Crippen LogP contribution in [-0.4, -0.2) is 67.7 Å². The molecule has 9 heteroatoms. The second-order valence-electron chi connectivity index (χ2n) is 2.39. The molecule has 4 atom stereocenters. The SMILES string of the molecule is O=CC(O)C(O)C(O)C(O)C(=O)O.[Na+].[OH-]. The van der Waals surface area contributed by atoms with Gasteiger partial charge in [0.05, 0.1) is 0 Å². The van der Waals surface area contributed by atoms with Crippen molar-refractivity contribution in [2.45, 2.75) is 24.4 Å². The van der Waals surface area contributed by atoms with Crippen LogP contribution in [0.3, 0.4) is 0 Å². The van der Waals surface area contributed by atoms with E-state index in [4.69, 9.17) is 25.5 Å². The Kier molecular flexibility index (Phi) is 12.5. The summed E-state index contributed by atoms with van der Waals surface area (Å²) in [4.78, 5) is 20.0. The summed E-state index contributed by atoms with van der Waals surface area (Å²) < 4.78 is 0. The van der Waals surface area contributed by atoms with Gasteiger partial charge in [0.2, 0.25) is 0 Å². The maximum atomic E-state index is 10.1. The molecule has 0 radical (unpaired) electrons.